The van der Waals surface area contributed by atoms with Gasteiger partial charge in [-0.2, -0.15) is 20.4 Å². The molecule has 0 spiro atoms. The quantitative estimate of drug-likeness (QED) is 0.0355. The van der Waals surface area contributed by atoms with Crippen molar-refractivity contribution in [3.63, 3.8) is 0 Å². The minimum absolute atomic E-state index is 0.0370. The number of amides is 4. The Morgan fingerprint density at radius 2 is 0.654 bits per heavy atom. The molecule has 23 nitrogen and oxygen atoms in total. The van der Waals surface area contributed by atoms with Gasteiger partial charge in [-0.25, -0.2) is 0 Å². The second-order valence-corrected chi connectivity index (χ2v) is 44.1. The Hall–Kier alpha value is -10.4. The van der Waals surface area contributed by atoms with Crippen molar-refractivity contribution in [1.82, 2.24) is 75.4 Å². The summed E-state index contributed by atoms with van der Waals surface area (Å²) in [5.74, 6) is 1.72. The van der Waals surface area contributed by atoms with Gasteiger partial charge in [0.15, 0.2) is 0 Å². The zero-order valence-corrected chi connectivity index (χ0v) is 83.0. The van der Waals surface area contributed by atoms with Crippen molar-refractivity contribution in [1.29, 1.82) is 0 Å². The van der Waals surface area contributed by atoms with Gasteiger partial charge in [-0.15, -0.1) is 0 Å². The van der Waals surface area contributed by atoms with Crippen molar-refractivity contribution < 1.29 is 19.2 Å². The maximum atomic E-state index is 13.6. The SMILES string of the molecule is CC(C)C(C(=O)N(C)c1ccc2cc(-c3n[nH]c4c3CCC(C)(C)C4)[nH]c2c1)N1CCCCC1.CCN(C(=O)C(C)C1CCCCC1)c1ccc2cc(-c3n[nH]c4c3CCC(C)(C)C4)[nH]c2c1.CC[C@@H](C(=O)N(C)c1ccc2cc(-c3n[nH]c4c3CCC(C)(C)C4)[nH]c2c1)N1CCCCC1.CC[C@H](C(=O)N(C)c1ccc2cc(-c3n[nH]c4c3CCC(C)(C)C4)[nH]c2c1)N1CCCCC1. The Bertz CT molecular complexity index is 5910. The Balaban J connectivity index is 0.000000124. The zero-order valence-electron chi connectivity index (χ0n) is 83.0. The van der Waals surface area contributed by atoms with Gasteiger partial charge in [-0.1, -0.05) is 153 Å². The molecule has 2 unspecified atom stereocenters. The molecule has 710 valence electrons. The van der Waals surface area contributed by atoms with Gasteiger partial charge in [0.1, 0.15) is 22.8 Å². The highest BCUT2D eigenvalue weighted by atomic mass is 16.2. The van der Waals surface area contributed by atoms with Crippen LogP contribution in [0.5, 0.6) is 0 Å². The van der Waals surface area contributed by atoms with Crippen LogP contribution in [0, 0.1) is 39.4 Å². The molecule has 20 rings (SSSR count). The Labute approximate surface area is 788 Å². The molecule has 0 radical (unpaired) electrons. The molecular formula is C110H151N19O4. The fraction of sp³-hybridized carbons (Fsp3) is 0.564. The van der Waals surface area contributed by atoms with Crippen LogP contribution in [0.4, 0.5) is 22.7 Å². The molecule has 3 saturated heterocycles. The van der Waals surface area contributed by atoms with Crippen molar-refractivity contribution in [3.05, 3.63) is 142 Å². The molecule has 4 atom stereocenters. The molecule has 12 aromatic rings. The number of carbonyl (C=O) groups excluding carboxylic acids is 4. The van der Waals surface area contributed by atoms with Crippen LogP contribution < -0.4 is 19.6 Å². The average molecular weight is 1800 g/mol. The number of likely N-dealkylation sites (N-methyl/N-ethyl adjacent to an activating group) is 3. The molecule has 11 heterocycles. The Kier molecular flexibility index (Phi) is 28.1. The molecule has 133 heavy (non-hydrogen) atoms. The third-order valence-electron chi connectivity index (χ3n) is 31.6. The molecule has 4 aromatic carbocycles. The van der Waals surface area contributed by atoms with E-state index in [2.05, 4.69) is 269 Å². The molecule has 8 N–H and O–H groups in total. The molecule has 0 bridgehead atoms. The average Bonchev–Trinajstić information content (AvgIpc) is 1.64. The van der Waals surface area contributed by atoms with E-state index in [1.54, 1.807) is 0 Å². The summed E-state index contributed by atoms with van der Waals surface area (Å²) in [5, 5.41) is 36.5. The second kappa shape index (κ2) is 39.5. The van der Waals surface area contributed by atoms with Gasteiger partial charge in [-0.3, -0.25) is 54.3 Å². The van der Waals surface area contributed by atoms with Crippen LogP contribution in [0.2, 0.25) is 0 Å². The first kappa shape index (κ1) is 94.4. The van der Waals surface area contributed by atoms with Crippen molar-refractivity contribution in [2.45, 2.75) is 295 Å². The first-order chi connectivity index (χ1) is 63.8. The van der Waals surface area contributed by atoms with Crippen LogP contribution in [-0.4, -0.2) is 184 Å². The number of hydrogen-bond acceptors (Lipinski definition) is 11. The minimum Gasteiger partial charge on any atom is -0.353 e. The summed E-state index contributed by atoms with van der Waals surface area (Å²) in [5.41, 5.74) is 28.1. The lowest BCUT2D eigenvalue weighted by molar-refractivity contribution is -0.126. The summed E-state index contributed by atoms with van der Waals surface area (Å²) in [6, 6.07) is 33.8. The first-order valence-electron chi connectivity index (χ1n) is 51.0. The van der Waals surface area contributed by atoms with Crippen molar-refractivity contribution in [2.75, 3.05) is 86.6 Å². The van der Waals surface area contributed by atoms with E-state index in [1.807, 2.05) is 40.7 Å². The number of carbonyl (C=O) groups is 4. The summed E-state index contributed by atoms with van der Waals surface area (Å²) in [6.45, 7) is 38.3. The standard InChI is InChI=1S/C28H39N5O.C28H38N4O.2C27H37N5O/c1-18(2)26(33-13-7-6-8-14-33)27(34)32(5)20-10-9-19-15-23(29-22(19)16-20)25-21-11-12-28(3,4)17-24(21)30-31-25;1-5-32(27(33)18(2)19-9-7-6-8-10-19)21-12-11-20-15-24(29-23(20)16-21)26-22-13-14-28(3,4)17-25(22)30-31-26;2*1-5-24(32-13-7-6-8-14-32)26(33)31(4)19-10-9-18-15-22(28-21(18)16-19)25-20-11-12-27(2,3)17-23(20)29-30-25/h9-10,15-16,18,26,29H,6-8,11-14,17H2,1-5H3,(H,30,31);11-12,15-16,18-19,29H,5-10,13-14,17H2,1-4H3,(H,30,31);2*9-10,15-16,24,28H,5-8,11-14,17H2,1-4H3,(H,29,30)/t;;2*24-/m..10/s1. The summed E-state index contributed by atoms with van der Waals surface area (Å²) in [4.78, 5) is 82.7. The molecular weight excluding hydrogens is 1650 g/mol. The van der Waals surface area contributed by atoms with Crippen LogP contribution in [0.25, 0.3) is 89.2 Å². The summed E-state index contributed by atoms with van der Waals surface area (Å²) in [7, 11) is 5.73. The largest absolute Gasteiger partial charge is 0.353 e. The number of aromatic nitrogens is 12. The maximum Gasteiger partial charge on any atom is 0.244 e. The van der Waals surface area contributed by atoms with Crippen LogP contribution in [0.1, 0.15) is 270 Å². The van der Waals surface area contributed by atoms with Gasteiger partial charge in [0.25, 0.3) is 0 Å². The number of likely N-dealkylation sites (tertiary alicyclic amines) is 3. The van der Waals surface area contributed by atoms with E-state index < -0.39 is 0 Å². The number of nitrogens with one attached hydrogen (secondary N) is 8. The normalized spacial score (nSPS) is 19.4. The van der Waals surface area contributed by atoms with Gasteiger partial charge in [-0.05, 0) is 294 Å². The molecule has 4 amide bonds. The van der Waals surface area contributed by atoms with Crippen molar-refractivity contribution >= 4 is 90.0 Å². The monoisotopic (exact) mass is 1800 g/mol. The molecule has 8 aromatic heterocycles. The predicted octanol–water partition coefficient (Wildman–Crippen LogP) is 22.8. The van der Waals surface area contributed by atoms with Gasteiger partial charge in [0, 0.05) is 145 Å². The highest BCUT2D eigenvalue weighted by Crippen LogP contribution is 2.45. The van der Waals surface area contributed by atoms with E-state index in [9.17, 15) is 19.2 Å². The van der Waals surface area contributed by atoms with Gasteiger partial charge in [0.2, 0.25) is 23.6 Å². The fourth-order valence-corrected chi connectivity index (χ4v) is 23.3. The molecule has 23 heteroatoms. The second-order valence-electron chi connectivity index (χ2n) is 44.1. The third-order valence-corrected chi connectivity index (χ3v) is 31.6. The minimum atomic E-state index is -0.0694. The predicted molar refractivity (Wildman–Crippen MR) is 544 cm³/mol. The van der Waals surface area contributed by atoms with E-state index in [0.29, 0.717) is 34.1 Å². The van der Waals surface area contributed by atoms with E-state index in [0.717, 1.165) is 215 Å². The lowest BCUT2D eigenvalue weighted by atomic mass is 9.76. The Morgan fingerprint density at radius 1 is 0.368 bits per heavy atom. The number of hydrogen-bond donors (Lipinski definition) is 8. The molecule has 3 aliphatic heterocycles. The van der Waals surface area contributed by atoms with E-state index in [-0.39, 0.29) is 53.6 Å². The van der Waals surface area contributed by atoms with Crippen LogP contribution in [0.15, 0.2) is 97.1 Å². The lowest BCUT2D eigenvalue weighted by Gasteiger charge is -2.37. The van der Waals surface area contributed by atoms with Gasteiger partial charge >= 0.3 is 0 Å². The molecule has 1 saturated carbocycles. The summed E-state index contributed by atoms with van der Waals surface area (Å²) >= 11 is 0. The molecule has 4 fully saturated rings. The molecule has 5 aliphatic carbocycles. The smallest absolute Gasteiger partial charge is 0.244 e. The van der Waals surface area contributed by atoms with Gasteiger partial charge < -0.3 is 39.5 Å². The van der Waals surface area contributed by atoms with Crippen molar-refractivity contribution in [2.24, 2.45) is 39.4 Å². The molecule has 8 aliphatic rings. The Morgan fingerprint density at radius 3 is 0.955 bits per heavy atom. The number of anilines is 4. The van der Waals surface area contributed by atoms with E-state index in [4.69, 9.17) is 0 Å². The highest BCUT2D eigenvalue weighted by molar-refractivity contribution is 6.03. The number of nitrogens with zero attached hydrogens (tertiary/aromatic N) is 11. The number of rotatable bonds is 20. The van der Waals surface area contributed by atoms with Crippen LogP contribution in [0.3, 0.4) is 0 Å². The van der Waals surface area contributed by atoms with Crippen molar-refractivity contribution in [3.8, 4) is 45.6 Å². The number of fused-ring (bicyclic) bond motifs is 8. The fourth-order valence-electron chi connectivity index (χ4n) is 23.3. The van der Waals surface area contributed by atoms with Crippen LogP contribution in [-0.2, 0) is 70.5 Å². The number of benzene rings is 4. The summed E-state index contributed by atoms with van der Waals surface area (Å²) in [6.07, 6.45) is 32.0. The number of H-pyrrole nitrogens is 8. The first-order valence-corrected chi connectivity index (χ1v) is 51.0. The zero-order chi connectivity index (χ0) is 93.5. The lowest BCUT2D eigenvalue weighted by Crippen LogP contribution is -2.52. The number of piperidine rings is 3. The highest BCUT2D eigenvalue weighted by Gasteiger charge is 2.39. The number of aromatic amines is 8. The summed E-state index contributed by atoms with van der Waals surface area (Å²) < 4.78 is 0. The topological polar surface area (TPSA) is 269 Å². The third kappa shape index (κ3) is 20.5. The van der Waals surface area contributed by atoms with Crippen LogP contribution >= 0.6 is 0 Å². The maximum absolute atomic E-state index is 13.6. The van der Waals surface area contributed by atoms with E-state index >= 15 is 0 Å². The van der Waals surface area contributed by atoms with Gasteiger partial charge in [0.05, 0.1) is 40.9 Å². The van der Waals surface area contributed by atoms with E-state index in [1.165, 1.54) is 161 Å².